The van der Waals surface area contributed by atoms with Gasteiger partial charge in [-0.3, -0.25) is 0 Å². The van der Waals surface area contributed by atoms with Crippen molar-refractivity contribution in [2.75, 3.05) is 0 Å². The molecule has 0 aliphatic heterocycles. The van der Waals surface area contributed by atoms with E-state index < -0.39 is 48.2 Å². The van der Waals surface area contributed by atoms with Gasteiger partial charge in [0, 0.05) is 2.74 Å². The summed E-state index contributed by atoms with van der Waals surface area (Å²) in [6.45, 7) is 0. The first kappa shape index (κ1) is 2.33. The van der Waals surface area contributed by atoms with Crippen LogP contribution in [0.2, 0.25) is 0 Å². The van der Waals surface area contributed by atoms with Crippen molar-refractivity contribution in [1.82, 2.24) is 0 Å². The molecule has 0 amide bonds. The molecule has 1 rings (SSSR count). The number of nitrogens with zero attached hydrogens (tertiary/aromatic N) is 1. The molecule has 0 radical (unpaired) electrons. The van der Waals surface area contributed by atoms with Crippen molar-refractivity contribution >= 4 is 0 Å². The van der Waals surface area contributed by atoms with Crippen LogP contribution < -0.4 is 0 Å². The van der Waals surface area contributed by atoms with E-state index in [1.54, 1.807) is 0 Å². The van der Waals surface area contributed by atoms with E-state index in [2.05, 4.69) is 0 Å². The maximum atomic E-state index is 9.82. The topological polar surface area (TPSA) is 44.0 Å². The van der Waals surface area contributed by atoms with Gasteiger partial charge in [0.15, 0.2) is 0 Å². The van der Waals surface area contributed by atoms with Crippen LogP contribution in [-0.2, 0) is 0 Å². The summed E-state index contributed by atoms with van der Waals surface area (Å²) in [6, 6.07) is -3.13. The van der Waals surface area contributed by atoms with Crippen LogP contribution in [0.3, 0.4) is 0 Å². The number of hydrogen-bond acceptors (Lipinski definition) is 2. The van der Waals surface area contributed by atoms with Crippen molar-refractivity contribution in [2.45, 2.75) is 12.5 Å². The summed E-state index contributed by atoms with van der Waals surface area (Å²) >= 11 is 0. The van der Waals surface area contributed by atoms with Crippen LogP contribution in [0.25, 0.3) is 0 Å². The summed E-state index contributed by atoms with van der Waals surface area (Å²) < 4.78 is 59.1. The maximum Gasteiger partial charge on any atom is 0.0919 e. The molecule has 2 heteroatoms. The van der Waals surface area contributed by atoms with Gasteiger partial charge in [0.1, 0.15) is 0 Å². The highest BCUT2D eigenvalue weighted by atomic mass is 16.3. The predicted octanol–water partition coefficient (Wildman–Crippen LogP) is 1.63. The largest absolute Gasteiger partial charge is 0.387 e. The molecule has 1 aromatic carbocycles. The highest BCUT2D eigenvalue weighted by molar-refractivity contribution is 5.17. The van der Waals surface area contributed by atoms with Crippen molar-refractivity contribution in [3.05, 3.63) is 35.8 Å². The second-order valence-corrected chi connectivity index (χ2v) is 1.59. The van der Waals surface area contributed by atoms with Gasteiger partial charge in [0.25, 0.3) is 0 Å². The van der Waals surface area contributed by atoms with E-state index in [-0.39, 0.29) is 0 Å². The van der Waals surface area contributed by atoms with Crippen LogP contribution in [-0.4, -0.2) is 5.11 Å². The molecular weight excluding hydrogens is 138 g/mol. The fraction of sp³-hybridized carbons (Fsp3) is 0.222. The standard InChI is InChI=1S/C9H9NO/c10-7-6-9(11)8-4-2-1-3-5-8/h1-5,9,11H,6H2/t9-/m1/s1/i1D,2D,3D,4D,5D,6D2,9D. The van der Waals surface area contributed by atoms with E-state index in [9.17, 15) is 5.11 Å². The zero-order valence-electron chi connectivity index (χ0n) is 13.4. The molecule has 0 saturated heterocycles. The normalized spacial score (nSPS) is 26.5. The molecule has 1 atom stereocenters. The predicted molar refractivity (Wildman–Crippen MR) is 41.6 cm³/mol. The minimum absolute atomic E-state index is 0.730. The van der Waals surface area contributed by atoms with Crippen LogP contribution in [0, 0.1) is 11.3 Å². The second kappa shape index (κ2) is 3.75. The average Bonchev–Trinajstić information content (AvgIpc) is 2.33. The Balaban J connectivity index is 3.76. The number of aliphatic hydroxyl groups is 1. The Morgan fingerprint density at radius 3 is 2.91 bits per heavy atom. The van der Waals surface area contributed by atoms with E-state index >= 15 is 0 Å². The number of nitriles is 1. The number of benzene rings is 1. The summed E-state index contributed by atoms with van der Waals surface area (Å²) in [6.07, 6.45) is -6.42. The van der Waals surface area contributed by atoms with Crippen LogP contribution in [0.4, 0.5) is 0 Å². The van der Waals surface area contributed by atoms with Gasteiger partial charge in [-0.2, -0.15) is 5.26 Å². The van der Waals surface area contributed by atoms with Gasteiger partial charge in [-0.05, 0) is 5.56 Å². The van der Waals surface area contributed by atoms with Gasteiger partial charge in [0.2, 0.25) is 0 Å². The summed E-state index contributed by atoms with van der Waals surface area (Å²) in [5.74, 6) is 0. The molecular formula is C9H9NO. The van der Waals surface area contributed by atoms with Gasteiger partial charge in [-0.25, -0.2) is 0 Å². The highest BCUT2D eigenvalue weighted by Crippen LogP contribution is 2.14. The van der Waals surface area contributed by atoms with Gasteiger partial charge in [0.05, 0.1) is 26.7 Å². The minimum Gasteiger partial charge on any atom is -0.387 e. The molecule has 0 saturated carbocycles. The first-order chi connectivity index (χ1) is 8.49. The zero-order chi connectivity index (χ0) is 15.2. The van der Waals surface area contributed by atoms with Gasteiger partial charge < -0.3 is 5.11 Å². The van der Waals surface area contributed by atoms with E-state index in [1.165, 1.54) is 0 Å². The van der Waals surface area contributed by atoms with Crippen LogP contribution in [0.1, 0.15) is 29.0 Å². The van der Waals surface area contributed by atoms with E-state index in [0.29, 0.717) is 0 Å². The third kappa shape index (κ3) is 2.06. The molecule has 0 unspecified atom stereocenters. The molecule has 11 heavy (non-hydrogen) atoms. The van der Waals surface area contributed by atoms with Gasteiger partial charge in [-0.1, -0.05) is 30.2 Å². The molecule has 1 N–H and O–H groups in total. The fourth-order valence-electron chi connectivity index (χ4n) is 0.484. The van der Waals surface area contributed by atoms with Crippen molar-refractivity contribution in [3.63, 3.8) is 0 Å². The van der Waals surface area contributed by atoms with Crippen LogP contribution in [0.15, 0.2) is 30.2 Å². The maximum absolute atomic E-state index is 9.82. The Morgan fingerprint density at radius 1 is 1.73 bits per heavy atom. The van der Waals surface area contributed by atoms with Crippen molar-refractivity contribution < 1.29 is 16.1 Å². The average molecular weight is 155 g/mol. The third-order valence-electron chi connectivity index (χ3n) is 0.911. The fourth-order valence-corrected chi connectivity index (χ4v) is 0.484. The molecule has 0 bridgehead atoms. The third-order valence-corrected chi connectivity index (χ3v) is 0.911. The zero-order valence-corrected chi connectivity index (χ0v) is 5.39. The Morgan fingerprint density at radius 2 is 2.36 bits per heavy atom. The van der Waals surface area contributed by atoms with E-state index in [0.717, 1.165) is 6.07 Å². The minimum atomic E-state index is -3.28. The molecule has 0 aliphatic carbocycles. The molecule has 0 fully saturated rings. The van der Waals surface area contributed by atoms with Gasteiger partial charge in [-0.15, -0.1) is 0 Å². The first-order valence-corrected chi connectivity index (χ1v) is 2.70. The smallest absolute Gasteiger partial charge is 0.0919 e. The molecule has 56 valence electrons. The Bertz CT molecular complexity index is 548. The van der Waals surface area contributed by atoms with E-state index in [1.807, 2.05) is 0 Å². The quantitative estimate of drug-likeness (QED) is 0.705. The Hall–Kier alpha value is -1.33. The lowest BCUT2D eigenvalue weighted by Gasteiger charge is -2.04. The lowest BCUT2D eigenvalue weighted by molar-refractivity contribution is 0.183. The molecule has 1 aromatic rings. The summed E-state index contributed by atoms with van der Waals surface area (Å²) in [5, 5.41) is 18.4. The lowest BCUT2D eigenvalue weighted by Crippen LogP contribution is -1.94. The monoisotopic (exact) mass is 155 g/mol. The Kier molecular flexibility index (Phi) is 0.793. The van der Waals surface area contributed by atoms with Crippen molar-refractivity contribution in [1.29, 1.82) is 5.26 Å². The molecule has 0 spiro atoms. The van der Waals surface area contributed by atoms with Gasteiger partial charge >= 0.3 is 0 Å². The molecule has 2 nitrogen and oxygen atoms in total. The second-order valence-electron chi connectivity index (χ2n) is 1.59. The molecule has 0 aliphatic rings. The summed E-state index contributed by atoms with van der Waals surface area (Å²) in [5.41, 5.74) is -0.968. The van der Waals surface area contributed by atoms with Crippen LogP contribution in [0.5, 0.6) is 0 Å². The van der Waals surface area contributed by atoms with Crippen LogP contribution >= 0.6 is 0 Å². The first-order valence-electron chi connectivity index (χ1n) is 6.70. The molecule has 0 aromatic heterocycles. The van der Waals surface area contributed by atoms with E-state index in [4.69, 9.17) is 16.2 Å². The SMILES string of the molecule is [2H]c1c([2H])c([2H])c([C@]([2H])(O)C([2H])([2H])C#N)c([2H])c1[2H]. The Labute approximate surface area is 77.0 Å². The number of rotatable bonds is 2. The summed E-state index contributed by atoms with van der Waals surface area (Å²) in [7, 11) is 0. The molecule has 0 heterocycles. The number of hydrogen-bond donors (Lipinski definition) is 1. The highest BCUT2D eigenvalue weighted by Gasteiger charge is 2.03. The lowest BCUT2D eigenvalue weighted by atomic mass is 10.1. The van der Waals surface area contributed by atoms with Crippen molar-refractivity contribution in [2.24, 2.45) is 0 Å². The summed E-state index contributed by atoms with van der Waals surface area (Å²) in [4.78, 5) is 0. The van der Waals surface area contributed by atoms with Crippen molar-refractivity contribution in [3.8, 4) is 6.07 Å².